The van der Waals surface area contributed by atoms with Gasteiger partial charge in [0, 0.05) is 36.6 Å². The maximum absolute atomic E-state index is 10.7. The molecule has 3 saturated heterocycles. The van der Waals surface area contributed by atoms with Gasteiger partial charge in [-0.1, -0.05) is 0 Å². The minimum Gasteiger partial charge on any atom is -0.378 e. The lowest BCUT2D eigenvalue weighted by atomic mass is 9.99. The summed E-state index contributed by atoms with van der Waals surface area (Å²) in [7, 11) is 0. The van der Waals surface area contributed by atoms with Gasteiger partial charge in [0.25, 0.3) is 0 Å². The van der Waals surface area contributed by atoms with E-state index in [4.69, 9.17) is 0 Å². The second-order valence-electron chi connectivity index (χ2n) is 7.45. The highest BCUT2D eigenvalue weighted by molar-refractivity contribution is 7.99. The van der Waals surface area contributed by atoms with Crippen LogP contribution in [0, 0.1) is 5.92 Å². The first-order chi connectivity index (χ1) is 8.97. The van der Waals surface area contributed by atoms with Gasteiger partial charge < -0.3 is 5.11 Å². The molecule has 0 spiro atoms. The zero-order valence-corrected chi connectivity index (χ0v) is 13.3. The molecule has 0 aromatic rings. The molecule has 4 unspecified atom stereocenters. The van der Waals surface area contributed by atoms with Crippen molar-refractivity contribution in [1.29, 1.82) is 0 Å². The summed E-state index contributed by atoms with van der Waals surface area (Å²) in [5.41, 5.74) is 0.265. The molecule has 2 bridgehead atoms. The van der Waals surface area contributed by atoms with Gasteiger partial charge in [-0.25, -0.2) is 0 Å². The third-order valence-electron chi connectivity index (χ3n) is 5.18. The highest BCUT2D eigenvalue weighted by Gasteiger charge is 2.46. The molecular formula is C15H28N2OS. The van der Waals surface area contributed by atoms with E-state index < -0.39 is 0 Å². The van der Waals surface area contributed by atoms with E-state index in [0.717, 1.165) is 18.8 Å². The summed E-state index contributed by atoms with van der Waals surface area (Å²) in [6.07, 6.45) is 3.56. The zero-order valence-electron chi connectivity index (χ0n) is 12.5. The molecule has 0 amide bonds. The topological polar surface area (TPSA) is 26.7 Å². The predicted molar refractivity (Wildman–Crippen MR) is 81.4 cm³/mol. The van der Waals surface area contributed by atoms with Crippen LogP contribution in [0.4, 0.5) is 0 Å². The Morgan fingerprint density at radius 3 is 2.21 bits per heavy atom. The smallest absolute Gasteiger partial charge is 0.111 e. The second-order valence-corrected chi connectivity index (χ2v) is 8.60. The number of hydrogen-bond donors (Lipinski definition) is 1. The van der Waals surface area contributed by atoms with Crippen LogP contribution in [0.5, 0.6) is 0 Å². The average Bonchev–Trinajstić information content (AvgIpc) is 2.94. The summed E-state index contributed by atoms with van der Waals surface area (Å²) >= 11 is 2.01. The number of hydrogen-bond acceptors (Lipinski definition) is 4. The van der Waals surface area contributed by atoms with E-state index >= 15 is 0 Å². The summed E-state index contributed by atoms with van der Waals surface area (Å²) in [6, 6.07) is 1.16. The van der Waals surface area contributed by atoms with Gasteiger partial charge in [0.1, 0.15) is 6.23 Å². The summed E-state index contributed by atoms with van der Waals surface area (Å²) in [4.78, 5) is 5.08. The second kappa shape index (κ2) is 5.21. The quantitative estimate of drug-likeness (QED) is 0.839. The fourth-order valence-corrected chi connectivity index (χ4v) is 5.22. The molecule has 3 nitrogen and oxygen atoms in total. The highest BCUT2D eigenvalue weighted by atomic mass is 32.2. The molecule has 0 aliphatic carbocycles. The van der Waals surface area contributed by atoms with E-state index in [1.54, 1.807) is 0 Å². The van der Waals surface area contributed by atoms with Crippen LogP contribution in [0.3, 0.4) is 0 Å². The van der Waals surface area contributed by atoms with Crippen molar-refractivity contribution in [3.05, 3.63) is 0 Å². The van der Waals surface area contributed by atoms with Crippen molar-refractivity contribution in [1.82, 2.24) is 9.80 Å². The maximum atomic E-state index is 10.7. The summed E-state index contributed by atoms with van der Waals surface area (Å²) < 4.78 is 0. The van der Waals surface area contributed by atoms with E-state index in [0.29, 0.717) is 18.0 Å². The lowest BCUT2D eigenvalue weighted by molar-refractivity contribution is -0.102. The number of fused-ring (bicyclic) bond motifs is 2. The molecule has 3 aliphatic rings. The van der Waals surface area contributed by atoms with Crippen LogP contribution in [-0.2, 0) is 0 Å². The molecule has 4 atom stereocenters. The molecule has 0 aromatic heterocycles. The Bertz CT molecular complexity index is 311. The first-order valence-corrected chi connectivity index (χ1v) is 8.90. The normalized spacial score (nSPS) is 38.8. The van der Waals surface area contributed by atoms with Crippen LogP contribution in [0.15, 0.2) is 0 Å². The van der Waals surface area contributed by atoms with Crippen molar-refractivity contribution in [2.75, 3.05) is 24.6 Å². The first kappa shape index (κ1) is 14.2. The molecule has 0 saturated carbocycles. The predicted octanol–water partition coefficient (Wildman–Crippen LogP) is 2.00. The van der Waals surface area contributed by atoms with Crippen LogP contribution in [0.25, 0.3) is 0 Å². The van der Waals surface area contributed by atoms with Crippen molar-refractivity contribution < 1.29 is 5.11 Å². The minimum atomic E-state index is -0.186. The minimum absolute atomic E-state index is 0.186. The number of piperazine rings is 1. The lowest BCUT2D eigenvalue weighted by Gasteiger charge is -2.49. The fourth-order valence-electron chi connectivity index (χ4n) is 3.95. The number of aliphatic hydroxyl groups excluding tert-OH is 1. The maximum Gasteiger partial charge on any atom is 0.111 e. The van der Waals surface area contributed by atoms with Crippen LogP contribution in [0.2, 0.25) is 0 Å². The van der Waals surface area contributed by atoms with E-state index in [1.807, 2.05) is 11.8 Å². The van der Waals surface area contributed by atoms with Crippen molar-refractivity contribution in [2.45, 2.75) is 63.9 Å². The van der Waals surface area contributed by atoms with Gasteiger partial charge in [-0.2, -0.15) is 11.8 Å². The Morgan fingerprint density at radius 1 is 1.11 bits per heavy atom. The summed E-state index contributed by atoms with van der Waals surface area (Å²) in [5, 5.41) is 10.7. The Kier molecular flexibility index (Phi) is 3.89. The van der Waals surface area contributed by atoms with Crippen molar-refractivity contribution >= 4 is 11.8 Å². The SMILES string of the molecule is CC(C)(C)N1CC2CCC(C1)N2C(O)C1CCSC1. The summed E-state index contributed by atoms with van der Waals surface area (Å²) in [5.74, 6) is 2.90. The standard InChI is InChI=1S/C15H28N2OS/c1-15(2,3)16-8-12-4-5-13(9-16)17(12)14(18)11-6-7-19-10-11/h11-14,18H,4-10H2,1-3H3. The fraction of sp³-hybridized carbons (Fsp3) is 1.00. The molecule has 1 N–H and O–H groups in total. The van der Waals surface area contributed by atoms with Gasteiger partial charge in [-0.05, 0) is 51.5 Å². The number of likely N-dealkylation sites (tertiary alicyclic amines) is 1. The van der Waals surface area contributed by atoms with Gasteiger partial charge in [0.05, 0.1) is 0 Å². The van der Waals surface area contributed by atoms with Gasteiger partial charge in [0.2, 0.25) is 0 Å². The van der Waals surface area contributed by atoms with Crippen LogP contribution in [-0.4, -0.2) is 63.4 Å². The molecule has 19 heavy (non-hydrogen) atoms. The monoisotopic (exact) mass is 284 g/mol. The summed E-state index contributed by atoms with van der Waals surface area (Å²) in [6.45, 7) is 9.21. The molecule has 110 valence electrons. The largest absolute Gasteiger partial charge is 0.378 e. The first-order valence-electron chi connectivity index (χ1n) is 7.75. The third kappa shape index (κ3) is 2.69. The molecular weight excluding hydrogens is 256 g/mol. The highest BCUT2D eigenvalue weighted by Crippen LogP contribution is 2.38. The van der Waals surface area contributed by atoms with E-state index in [-0.39, 0.29) is 11.8 Å². The molecule has 3 fully saturated rings. The van der Waals surface area contributed by atoms with E-state index in [1.165, 1.54) is 25.0 Å². The van der Waals surface area contributed by atoms with E-state index in [2.05, 4.69) is 30.6 Å². The molecule has 3 heterocycles. The number of nitrogens with zero attached hydrogens (tertiary/aromatic N) is 2. The van der Waals surface area contributed by atoms with Crippen molar-refractivity contribution in [3.63, 3.8) is 0 Å². The van der Waals surface area contributed by atoms with Crippen LogP contribution < -0.4 is 0 Å². The van der Waals surface area contributed by atoms with Crippen molar-refractivity contribution in [3.8, 4) is 0 Å². The Labute approximate surface area is 121 Å². The molecule has 0 radical (unpaired) electrons. The average molecular weight is 284 g/mol. The van der Waals surface area contributed by atoms with E-state index in [9.17, 15) is 5.11 Å². The Hall–Kier alpha value is 0.230. The van der Waals surface area contributed by atoms with Crippen molar-refractivity contribution in [2.24, 2.45) is 5.92 Å². The number of thioether (sulfide) groups is 1. The molecule has 3 aliphatic heterocycles. The molecule has 0 aromatic carbocycles. The van der Waals surface area contributed by atoms with Crippen LogP contribution >= 0.6 is 11.8 Å². The van der Waals surface area contributed by atoms with Gasteiger partial charge in [-0.15, -0.1) is 0 Å². The Morgan fingerprint density at radius 2 is 1.74 bits per heavy atom. The molecule has 3 rings (SSSR count). The third-order valence-corrected chi connectivity index (χ3v) is 6.37. The van der Waals surface area contributed by atoms with Crippen LogP contribution in [0.1, 0.15) is 40.0 Å². The van der Waals surface area contributed by atoms with Gasteiger partial charge >= 0.3 is 0 Å². The van der Waals surface area contributed by atoms with Gasteiger partial charge in [-0.3, -0.25) is 9.80 Å². The number of aliphatic hydroxyl groups is 1. The Balaban J connectivity index is 1.69. The number of rotatable bonds is 2. The zero-order chi connectivity index (χ0) is 13.6. The lowest BCUT2D eigenvalue weighted by Crippen LogP contribution is -2.62. The molecule has 4 heteroatoms. The van der Waals surface area contributed by atoms with Gasteiger partial charge in [0.15, 0.2) is 0 Å².